The molecule has 0 unspecified atom stereocenters. The Balaban J connectivity index is 1.46. The molecule has 34 heavy (non-hydrogen) atoms. The fourth-order valence-electron chi connectivity index (χ4n) is 4.17. The summed E-state index contributed by atoms with van der Waals surface area (Å²) in [6.07, 6.45) is 0.469. The topological polar surface area (TPSA) is 108 Å². The molecule has 3 heterocycles. The molecule has 8 nitrogen and oxygen atoms in total. The number of hydrogen-bond donors (Lipinski definition) is 3. The number of rotatable bonds is 8. The molecule has 3 amide bonds. The normalized spacial score (nSPS) is 16.8. The van der Waals surface area contributed by atoms with Gasteiger partial charge in [0.15, 0.2) is 0 Å². The van der Waals surface area contributed by atoms with Crippen LogP contribution in [-0.2, 0) is 11.2 Å². The summed E-state index contributed by atoms with van der Waals surface area (Å²) in [7, 11) is 0. The number of aromatic amines is 1. The van der Waals surface area contributed by atoms with Crippen molar-refractivity contribution in [2.45, 2.75) is 25.4 Å². The van der Waals surface area contributed by atoms with Crippen LogP contribution in [-0.4, -0.2) is 45.1 Å². The van der Waals surface area contributed by atoms with E-state index in [1.807, 2.05) is 42.6 Å². The fraction of sp³-hybridized carbons (Fsp3) is 0.240. The average molecular weight is 477 g/mol. The van der Waals surface area contributed by atoms with E-state index in [2.05, 4.69) is 10.3 Å². The second-order valence-electron chi connectivity index (χ2n) is 8.17. The molecule has 174 valence electrons. The second-order valence-corrected chi connectivity index (χ2v) is 9.21. The maximum absolute atomic E-state index is 13.5. The number of carbonyl (C=O) groups excluding carboxylic acids is 2. The number of aliphatic hydroxyl groups excluding tert-OH is 1. The zero-order valence-corrected chi connectivity index (χ0v) is 19.3. The zero-order chi connectivity index (χ0) is 23.7. The van der Waals surface area contributed by atoms with Crippen LogP contribution in [0.4, 0.5) is 4.79 Å². The maximum Gasteiger partial charge on any atom is 0.325 e. The van der Waals surface area contributed by atoms with E-state index in [9.17, 15) is 9.59 Å². The van der Waals surface area contributed by atoms with Gasteiger partial charge < -0.3 is 20.1 Å². The minimum atomic E-state index is -0.795. The van der Waals surface area contributed by atoms with Crippen LogP contribution in [0.25, 0.3) is 11.0 Å². The molecule has 0 saturated carbocycles. The lowest BCUT2D eigenvalue weighted by Crippen LogP contribution is -2.36. The third kappa shape index (κ3) is 4.27. The van der Waals surface area contributed by atoms with Crippen LogP contribution in [0.5, 0.6) is 5.75 Å². The summed E-state index contributed by atoms with van der Waals surface area (Å²) >= 11 is 1.58. The SMILES string of the molecule is Cc1ccc2nc([C@H](Cc3cccs3)N3C(=O)N[C@H](c4ccc(OCCO)cc4)C3=O)[nH]c2c1. The Kier molecular flexibility index (Phi) is 6.04. The van der Waals surface area contributed by atoms with Crippen LogP contribution in [0, 0.1) is 6.92 Å². The summed E-state index contributed by atoms with van der Waals surface area (Å²) in [6.45, 7) is 2.11. The Bertz CT molecular complexity index is 1320. The van der Waals surface area contributed by atoms with Gasteiger partial charge in [-0.2, -0.15) is 0 Å². The van der Waals surface area contributed by atoms with E-state index >= 15 is 0 Å². The molecule has 1 aliphatic heterocycles. The molecule has 2 atom stereocenters. The number of aryl methyl sites for hydroxylation is 1. The number of benzene rings is 2. The van der Waals surface area contributed by atoms with Crippen molar-refractivity contribution in [2.75, 3.05) is 13.2 Å². The van der Waals surface area contributed by atoms with E-state index in [0.29, 0.717) is 23.6 Å². The van der Waals surface area contributed by atoms with E-state index in [-0.39, 0.29) is 19.1 Å². The van der Waals surface area contributed by atoms with Crippen molar-refractivity contribution in [3.63, 3.8) is 0 Å². The highest BCUT2D eigenvalue weighted by atomic mass is 32.1. The molecule has 2 aromatic heterocycles. The summed E-state index contributed by atoms with van der Waals surface area (Å²) in [4.78, 5) is 37.0. The van der Waals surface area contributed by atoms with Gasteiger partial charge >= 0.3 is 6.03 Å². The van der Waals surface area contributed by atoms with Gasteiger partial charge in [-0.1, -0.05) is 24.3 Å². The molecule has 1 aliphatic rings. The van der Waals surface area contributed by atoms with Gasteiger partial charge in [0.1, 0.15) is 30.3 Å². The van der Waals surface area contributed by atoms with Crippen molar-refractivity contribution in [1.82, 2.24) is 20.2 Å². The third-order valence-corrected chi connectivity index (χ3v) is 6.70. The van der Waals surface area contributed by atoms with Gasteiger partial charge in [0.2, 0.25) is 0 Å². The quantitative estimate of drug-likeness (QED) is 0.335. The highest BCUT2D eigenvalue weighted by molar-refractivity contribution is 7.09. The first-order valence-electron chi connectivity index (χ1n) is 11.0. The Hall–Kier alpha value is -3.69. The number of aromatic nitrogens is 2. The molecular formula is C25H24N4O4S. The van der Waals surface area contributed by atoms with Crippen LogP contribution in [0.3, 0.4) is 0 Å². The second kappa shape index (κ2) is 9.28. The monoisotopic (exact) mass is 476 g/mol. The molecule has 0 bridgehead atoms. The number of amides is 3. The number of thiophene rings is 1. The highest BCUT2D eigenvalue weighted by Gasteiger charge is 2.44. The molecule has 0 aliphatic carbocycles. The summed E-state index contributed by atoms with van der Waals surface area (Å²) in [6, 6.07) is 15.0. The number of hydrogen-bond acceptors (Lipinski definition) is 6. The number of imide groups is 1. The highest BCUT2D eigenvalue weighted by Crippen LogP contribution is 2.33. The smallest absolute Gasteiger partial charge is 0.325 e. The number of urea groups is 1. The number of H-pyrrole nitrogens is 1. The molecule has 3 N–H and O–H groups in total. The predicted molar refractivity (Wildman–Crippen MR) is 129 cm³/mol. The number of carbonyl (C=O) groups is 2. The minimum Gasteiger partial charge on any atom is -0.491 e. The molecule has 1 saturated heterocycles. The number of aliphatic hydroxyl groups is 1. The molecule has 0 spiro atoms. The van der Waals surface area contributed by atoms with Gasteiger partial charge in [-0.05, 0) is 53.8 Å². The zero-order valence-electron chi connectivity index (χ0n) is 18.5. The standard InChI is InChI=1S/C25H24N4O4S/c1-15-4-9-19-20(13-15)27-23(26-19)21(14-18-3-2-12-34-18)29-24(31)22(28-25(29)32)16-5-7-17(8-6-16)33-11-10-30/h2-9,12-13,21-22,30H,10-11,14H2,1H3,(H,26,27)(H,28,32)/t21-,22+/m0/s1. The lowest BCUT2D eigenvalue weighted by atomic mass is 10.1. The Labute approximate surface area is 200 Å². The first-order valence-corrected chi connectivity index (χ1v) is 11.9. The summed E-state index contributed by atoms with van der Waals surface area (Å²) in [5.74, 6) is 0.831. The first-order chi connectivity index (χ1) is 16.5. The van der Waals surface area contributed by atoms with E-state index < -0.39 is 18.1 Å². The van der Waals surface area contributed by atoms with Crippen LogP contribution < -0.4 is 10.1 Å². The number of nitrogens with zero attached hydrogens (tertiary/aromatic N) is 2. The van der Waals surface area contributed by atoms with Gasteiger partial charge in [0.25, 0.3) is 5.91 Å². The fourth-order valence-corrected chi connectivity index (χ4v) is 4.91. The van der Waals surface area contributed by atoms with Crippen molar-refractivity contribution >= 4 is 34.3 Å². The minimum absolute atomic E-state index is 0.0825. The number of nitrogens with one attached hydrogen (secondary N) is 2. The van der Waals surface area contributed by atoms with Crippen molar-refractivity contribution in [3.8, 4) is 5.75 Å². The molecule has 2 aromatic carbocycles. The van der Waals surface area contributed by atoms with Gasteiger partial charge in [0, 0.05) is 11.3 Å². The van der Waals surface area contributed by atoms with E-state index in [4.69, 9.17) is 14.8 Å². The van der Waals surface area contributed by atoms with Crippen LogP contribution in [0.15, 0.2) is 60.0 Å². The number of fused-ring (bicyclic) bond motifs is 1. The summed E-state index contributed by atoms with van der Waals surface area (Å²) in [5.41, 5.74) is 3.42. The van der Waals surface area contributed by atoms with E-state index in [1.165, 1.54) is 4.90 Å². The van der Waals surface area contributed by atoms with E-state index in [1.54, 1.807) is 35.6 Å². The Morgan fingerprint density at radius 3 is 2.74 bits per heavy atom. The lowest BCUT2D eigenvalue weighted by molar-refractivity contribution is -0.129. The number of ether oxygens (including phenoxy) is 1. The van der Waals surface area contributed by atoms with E-state index in [0.717, 1.165) is 21.5 Å². The Morgan fingerprint density at radius 1 is 1.18 bits per heavy atom. The first kappa shape index (κ1) is 22.1. The molecule has 1 fully saturated rings. The van der Waals surface area contributed by atoms with Crippen molar-refractivity contribution in [1.29, 1.82) is 0 Å². The summed E-state index contributed by atoms with van der Waals surface area (Å²) < 4.78 is 5.39. The molecule has 4 aromatic rings. The molecule has 9 heteroatoms. The largest absolute Gasteiger partial charge is 0.491 e. The van der Waals surface area contributed by atoms with Gasteiger partial charge in [-0.25, -0.2) is 9.78 Å². The average Bonchev–Trinajstić information content (AvgIpc) is 3.56. The Morgan fingerprint density at radius 2 is 2.00 bits per heavy atom. The van der Waals surface area contributed by atoms with Gasteiger partial charge in [-0.3, -0.25) is 9.69 Å². The van der Waals surface area contributed by atoms with Crippen molar-refractivity contribution < 1.29 is 19.4 Å². The van der Waals surface area contributed by atoms with Crippen LogP contribution in [0.2, 0.25) is 0 Å². The van der Waals surface area contributed by atoms with Gasteiger partial charge in [-0.15, -0.1) is 11.3 Å². The van der Waals surface area contributed by atoms with Crippen LogP contribution in [0.1, 0.15) is 33.9 Å². The maximum atomic E-state index is 13.5. The van der Waals surface area contributed by atoms with Crippen molar-refractivity contribution in [2.24, 2.45) is 0 Å². The third-order valence-electron chi connectivity index (χ3n) is 5.80. The number of imidazole rings is 1. The lowest BCUT2D eigenvalue weighted by Gasteiger charge is -2.23. The van der Waals surface area contributed by atoms with Crippen LogP contribution >= 0.6 is 11.3 Å². The molecular weight excluding hydrogens is 452 g/mol. The molecule has 0 radical (unpaired) electrons. The summed E-state index contributed by atoms with van der Waals surface area (Å²) in [5, 5.41) is 13.7. The van der Waals surface area contributed by atoms with Gasteiger partial charge in [0.05, 0.1) is 17.6 Å². The predicted octanol–water partition coefficient (Wildman–Crippen LogP) is 3.88. The van der Waals surface area contributed by atoms with Crippen molar-refractivity contribution in [3.05, 3.63) is 81.8 Å². The molecule has 5 rings (SSSR count).